The van der Waals surface area contributed by atoms with Crippen LogP contribution in [0.2, 0.25) is 0 Å². The van der Waals surface area contributed by atoms with Crippen molar-refractivity contribution in [2.45, 2.75) is 38.1 Å². The van der Waals surface area contributed by atoms with Gasteiger partial charge in [0.15, 0.2) is 0 Å². The van der Waals surface area contributed by atoms with Gasteiger partial charge in [0.25, 0.3) is 0 Å². The van der Waals surface area contributed by atoms with Gasteiger partial charge in [0.05, 0.1) is 5.92 Å². The van der Waals surface area contributed by atoms with Crippen LogP contribution in [0.4, 0.5) is 0 Å². The zero-order chi connectivity index (χ0) is 16.9. The van der Waals surface area contributed by atoms with E-state index in [1.54, 1.807) is 7.05 Å². The number of carbonyl (C=O) groups excluding carboxylic acids is 1. The van der Waals surface area contributed by atoms with E-state index in [0.717, 1.165) is 52.0 Å². The van der Waals surface area contributed by atoms with Crippen LogP contribution in [-0.4, -0.2) is 64.5 Å². The number of nitrogens with zero attached hydrogens (tertiary/aromatic N) is 3. The Balaban J connectivity index is 1.45. The van der Waals surface area contributed by atoms with Gasteiger partial charge in [-0.25, -0.2) is 9.89 Å². The lowest BCUT2D eigenvalue weighted by Crippen LogP contribution is -2.48. The summed E-state index contributed by atoms with van der Waals surface area (Å²) in [6.07, 6.45) is 4.72. The first-order valence-electron chi connectivity index (χ1n) is 8.85. The van der Waals surface area contributed by atoms with Crippen LogP contribution in [0.5, 0.6) is 0 Å². The first kappa shape index (κ1) is 17.2. The topological polar surface area (TPSA) is 92.2 Å². The van der Waals surface area contributed by atoms with Gasteiger partial charge < -0.3 is 10.1 Å². The fraction of sp³-hybridized carbons (Fsp3) is 0.812. The maximum Gasteiger partial charge on any atom is 0.343 e. The molecule has 0 aromatic carbocycles. The molecule has 1 aromatic rings. The van der Waals surface area contributed by atoms with E-state index < -0.39 is 0 Å². The third-order valence-corrected chi connectivity index (χ3v) is 5.15. The molecule has 2 aliphatic heterocycles. The molecule has 8 heteroatoms. The number of hydrogen-bond donors (Lipinski definition) is 2. The highest BCUT2D eigenvalue weighted by atomic mass is 16.5. The number of carbonyl (C=O) groups is 1. The summed E-state index contributed by atoms with van der Waals surface area (Å²) in [5.41, 5.74) is -0.226. The molecule has 2 aliphatic rings. The number of amides is 1. The largest absolute Gasteiger partial charge is 0.381 e. The average molecular weight is 337 g/mol. The van der Waals surface area contributed by atoms with Gasteiger partial charge in [-0.05, 0) is 32.2 Å². The van der Waals surface area contributed by atoms with Crippen LogP contribution >= 0.6 is 0 Å². The summed E-state index contributed by atoms with van der Waals surface area (Å²) in [6, 6.07) is 0.563. The van der Waals surface area contributed by atoms with Crippen molar-refractivity contribution >= 4 is 5.91 Å². The van der Waals surface area contributed by atoms with E-state index in [9.17, 15) is 9.59 Å². The third-order valence-electron chi connectivity index (χ3n) is 5.15. The fourth-order valence-corrected chi connectivity index (χ4v) is 3.65. The van der Waals surface area contributed by atoms with Crippen molar-refractivity contribution in [3.8, 4) is 0 Å². The highest BCUT2D eigenvalue weighted by Gasteiger charge is 2.30. The molecule has 1 atom stereocenters. The first-order chi connectivity index (χ1) is 11.6. The van der Waals surface area contributed by atoms with Crippen LogP contribution in [0.25, 0.3) is 0 Å². The molecular weight excluding hydrogens is 310 g/mol. The number of piperidine rings is 1. The van der Waals surface area contributed by atoms with Crippen molar-refractivity contribution in [3.63, 3.8) is 0 Å². The lowest BCUT2D eigenvalue weighted by Gasteiger charge is -2.39. The second-order valence-corrected chi connectivity index (χ2v) is 6.72. The molecule has 3 heterocycles. The van der Waals surface area contributed by atoms with Gasteiger partial charge in [-0.3, -0.25) is 14.3 Å². The van der Waals surface area contributed by atoms with Crippen molar-refractivity contribution in [2.24, 2.45) is 13.0 Å². The van der Waals surface area contributed by atoms with Crippen molar-refractivity contribution in [3.05, 3.63) is 16.3 Å². The normalized spacial score (nSPS) is 23.3. The maximum atomic E-state index is 12.4. The molecule has 0 saturated carbocycles. The Morgan fingerprint density at radius 3 is 2.88 bits per heavy atom. The Morgan fingerprint density at radius 1 is 1.38 bits per heavy atom. The number of aromatic nitrogens is 3. The van der Waals surface area contributed by atoms with Gasteiger partial charge in [0, 0.05) is 45.8 Å². The second-order valence-electron chi connectivity index (χ2n) is 6.72. The molecule has 8 nitrogen and oxygen atoms in total. The molecule has 0 unspecified atom stereocenters. The van der Waals surface area contributed by atoms with Gasteiger partial charge in [0.1, 0.15) is 5.82 Å². The molecule has 2 fully saturated rings. The summed E-state index contributed by atoms with van der Waals surface area (Å²) in [5, 5.41) is 9.36. The number of ether oxygens (including phenoxy) is 1. The average Bonchev–Trinajstić information content (AvgIpc) is 2.95. The Bertz CT molecular complexity index is 605. The van der Waals surface area contributed by atoms with Crippen LogP contribution in [0.15, 0.2) is 4.79 Å². The molecule has 0 bridgehead atoms. The minimum atomic E-state index is -0.226. The van der Waals surface area contributed by atoms with E-state index >= 15 is 0 Å². The summed E-state index contributed by atoms with van der Waals surface area (Å²) in [4.78, 5) is 26.2. The lowest BCUT2D eigenvalue weighted by molar-refractivity contribution is -0.127. The van der Waals surface area contributed by atoms with Crippen LogP contribution in [0, 0.1) is 5.92 Å². The Kier molecular flexibility index (Phi) is 5.68. The number of likely N-dealkylation sites (tertiary alicyclic amines) is 1. The van der Waals surface area contributed by atoms with Gasteiger partial charge >= 0.3 is 5.69 Å². The quantitative estimate of drug-likeness (QED) is 0.767. The number of H-pyrrole nitrogens is 1. The summed E-state index contributed by atoms with van der Waals surface area (Å²) >= 11 is 0. The van der Waals surface area contributed by atoms with Gasteiger partial charge in [-0.1, -0.05) is 0 Å². The highest BCUT2D eigenvalue weighted by molar-refractivity contribution is 5.78. The number of hydrogen-bond acceptors (Lipinski definition) is 5. The molecule has 1 aromatic heterocycles. The van der Waals surface area contributed by atoms with E-state index in [0.29, 0.717) is 24.8 Å². The van der Waals surface area contributed by atoms with Crippen molar-refractivity contribution < 1.29 is 9.53 Å². The molecule has 3 rings (SSSR count). The summed E-state index contributed by atoms with van der Waals surface area (Å²) in [5.74, 6) is 0.838. The molecule has 1 amide bonds. The van der Waals surface area contributed by atoms with Crippen LogP contribution in [0.1, 0.15) is 31.5 Å². The number of nitrogens with one attached hydrogen (secondary N) is 2. The van der Waals surface area contributed by atoms with Gasteiger partial charge in [0.2, 0.25) is 5.91 Å². The maximum absolute atomic E-state index is 12.4. The fourth-order valence-electron chi connectivity index (χ4n) is 3.65. The summed E-state index contributed by atoms with van der Waals surface area (Å²) in [7, 11) is 1.68. The number of rotatable bonds is 5. The molecule has 2 N–H and O–H groups in total. The second kappa shape index (κ2) is 7.94. The predicted octanol–water partition coefficient (Wildman–Crippen LogP) is -0.342. The first-order valence-corrected chi connectivity index (χ1v) is 8.85. The molecule has 2 saturated heterocycles. The smallest absolute Gasteiger partial charge is 0.343 e. The van der Waals surface area contributed by atoms with E-state index in [-0.39, 0.29) is 17.5 Å². The standard InChI is InChI=1S/C16H27N5O3/c1-20-14(18-19-16(20)23)4-7-17-15(22)12-3-2-8-21(11-12)13-5-9-24-10-6-13/h12-13H,2-11H2,1H3,(H,17,22)(H,19,23)/t12-/m1/s1. The van der Waals surface area contributed by atoms with Gasteiger partial charge in [-0.2, -0.15) is 5.10 Å². The highest BCUT2D eigenvalue weighted by Crippen LogP contribution is 2.23. The Morgan fingerprint density at radius 2 is 2.17 bits per heavy atom. The zero-order valence-corrected chi connectivity index (χ0v) is 14.3. The van der Waals surface area contributed by atoms with Gasteiger partial charge in [-0.15, -0.1) is 0 Å². The van der Waals surface area contributed by atoms with E-state index in [2.05, 4.69) is 20.4 Å². The summed E-state index contributed by atoms with van der Waals surface area (Å²) < 4.78 is 6.90. The van der Waals surface area contributed by atoms with E-state index in [4.69, 9.17) is 4.74 Å². The third kappa shape index (κ3) is 4.05. The van der Waals surface area contributed by atoms with Crippen LogP contribution in [0.3, 0.4) is 0 Å². The van der Waals surface area contributed by atoms with Crippen LogP contribution in [-0.2, 0) is 23.0 Å². The Labute approximate surface area is 141 Å². The molecule has 0 aliphatic carbocycles. The summed E-state index contributed by atoms with van der Waals surface area (Å²) in [6.45, 7) is 4.10. The molecular formula is C16H27N5O3. The van der Waals surface area contributed by atoms with Crippen molar-refractivity contribution in [1.82, 2.24) is 25.0 Å². The molecule has 0 radical (unpaired) electrons. The van der Waals surface area contributed by atoms with E-state index in [1.165, 1.54) is 4.57 Å². The lowest BCUT2D eigenvalue weighted by atomic mass is 9.94. The monoisotopic (exact) mass is 337 g/mol. The Hall–Kier alpha value is -1.67. The SMILES string of the molecule is Cn1c(CCNC(=O)[C@@H]2CCCN(C3CCOCC3)C2)n[nH]c1=O. The van der Waals surface area contributed by atoms with Crippen LogP contribution < -0.4 is 11.0 Å². The minimum absolute atomic E-state index is 0.0598. The zero-order valence-electron chi connectivity index (χ0n) is 14.3. The molecule has 0 spiro atoms. The van der Waals surface area contributed by atoms with Crippen molar-refractivity contribution in [2.75, 3.05) is 32.8 Å². The minimum Gasteiger partial charge on any atom is -0.381 e. The predicted molar refractivity (Wildman–Crippen MR) is 88.7 cm³/mol. The van der Waals surface area contributed by atoms with Crippen molar-refractivity contribution in [1.29, 1.82) is 0 Å². The number of aromatic amines is 1. The van der Waals surface area contributed by atoms with E-state index in [1.807, 2.05) is 0 Å². The molecule has 24 heavy (non-hydrogen) atoms. The molecule has 134 valence electrons.